The Hall–Kier alpha value is -2.14. The Balaban J connectivity index is 2.10. The van der Waals surface area contributed by atoms with E-state index in [0.717, 1.165) is 28.8 Å². The molecule has 5 nitrogen and oxygen atoms in total. The largest absolute Gasteiger partial charge is 0.478 e. The van der Waals surface area contributed by atoms with Gasteiger partial charge >= 0.3 is 5.97 Å². The third kappa shape index (κ3) is 2.36. The summed E-state index contributed by atoms with van der Waals surface area (Å²) in [5, 5.41) is 12.5. The highest BCUT2D eigenvalue weighted by Gasteiger charge is 2.47. The molecule has 0 spiro atoms. The van der Waals surface area contributed by atoms with Crippen molar-refractivity contribution in [2.24, 2.45) is 13.0 Å². The molecule has 2 N–H and O–H groups in total. The number of aliphatic carboxylic acids is 1. The number of benzene rings is 1. The van der Waals surface area contributed by atoms with Crippen LogP contribution in [0.4, 0.5) is 0 Å². The number of aromatic nitrogens is 2. The summed E-state index contributed by atoms with van der Waals surface area (Å²) in [6.45, 7) is 3.86. The first-order valence-corrected chi connectivity index (χ1v) is 7.96. The molecule has 0 bridgehead atoms. The standard InChI is InChI=1S/C18H23N3O2/c1-11(16(22)23)9-13-5-6-14-15(10-13)21(4)17(20-14)18(19-3)8-7-12(18)2/h5-6,9-10,12,19H,7-8H2,1-4H3,(H,22,23)/b11-9+/t12-,18?/m1/s1. The second-order valence-corrected chi connectivity index (χ2v) is 6.54. The average Bonchev–Trinajstić information content (AvgIpc) is 2.84. The molecule has 0 amide bonds. The zero-order valence-corrected chi connectivity index (χ0v) is 14.1. The second-order valence-electron chi connectivity index (χ2n) is 6.54. The van der Waals surface area contributed by atoms with Gasteiger partial charge in [0.15, 0.2) is 0 Å². The van der Waals surface area contributed by atoms with Crippen LogP contribution in [0.1, 0.15) is 38.1 Å². The Morgan fingerprint density at radius 1 is 1.52 bits per heavy atom. The first-order valence-electron chi connectivity index (χ1n) is 7.96. The van der Waals surface area contributed by atoms with E-state index in [2.05, 4.69) is 16.8 Å². The van der Waals surface area contributed by atoms with Crippen LogP contribution in [0.2, 0.25) is 0 Å². The molecule has 0 saturated heterocycles. The zero-order chi connectivity index (χ0) is 16.8. The van der Waals surface area contributed by atoms with Crippen LogP contribution >= 0.6 is 0 Å². The first kappa shape index (κ1) is 15.7. The summed E-state index contributed by atoms with van der Waals surface area (Å²) < 4.78 is 2.13. The summed E-state index contributed by atoms with van der Waals surface area (Å²) in [5.41, 5.74) is 3.13. The normalized spacial score (nSPS) is 24.7. The second kappa shape index (κ2) is 5.49. The molecule has 0 radical (unpaired) electrons. The van der Waals surface area contributed by atoms with Crippen molar-refractivity contribution in [1.29, 1.82) is 0 Å². The summed E-state index contributed by atoms with van der Waals surface area (Å²) in [5.74, 6) is 0.717. The molecular formula is C18H23N3O2. The molecule has 5 heteroatoms. The Kier molecular flexibility index (Phi) is 3.76. The van der Waals surface area contributed by atoms with Gasteiger partial charge in [-0.25, -0.2) is 9.78 Å². The summed E-state index contributed by atoms with van der Waals surface area (Å²) in [4.78, 5) is 15.8. The number of carboxylic acids is 1. The maximum absolute atomic E-state index is 11.0. The highest BCUT2D eigenvalue weighted by molar-refractivity contribution is 5.92. The van der Waals surface area contributed by atoms with Crippen molar-refractivity contribution < 1.29 is 9.90 Å². The quantitative estimate of drug-likeness (QED) is 0.852. The van der Waals surface area contributed by atoms with Crippen LogP contribution < -0.4 is 5.32 Å². The number of nitrogens with one attached hydrogen (secondary N) is 1. The summed E-state index contributed by atoms with van der Waals surface area (Å²) in [6.07, 6.45) is 3.98. The van der Waals surface area contributed by atoms with Gasteiger partial charge < -0.3 is 15.0 Å². The zero-order valence-electron chi connectivity index (χ0n) is 14.1. The van der Waals surface area contributed by atoms with Gasteiger partial charge in [0.1, 0.15) is 5.82 Å². The van der Waals surface area contributed by atoms with E-state index in [-0.39, 0.29) is 5.54 Å². The molecule has 1 aromatic carbocycles. The average molecular weight is 313 g/mol. The van der Waals surface area contributed by atoms with Gasteiger partial charge in [-0.3, -0.25) is 0 Å². The Bertz CT molecular complexity index is 802. The van der Waals surface area contributed by atoms with Crippen molar-refractivity contribution in [1.82, 2.24) is 14.9 Å². The predicted octanol–water partition coefficient (Wildman–Crippen LogP) is 2.91. The van der Waals surface area contributed by atoms with E-state index in [1.165, 1.54) is 6.42 Å². The first-order chi connectivity index (χ1) is 10.9. The van der Waals surface area contributed by atoms with Crippen molar-refractivity contribution in [3.63, 3.8) is 0 Å². The third-order valence-electron chi connectivity index (χ3n) is 5.28. The lowest BCUT2D eigenvalue weighted by Crippen LogP contribution is -2.54. The number of hydrogen-bond acceptors (Lipinski definition) is 3. The lowest BCUT2D eigenvalue weighted by molar-refractivity contribution is -0.132. The molecule has 1 aliphatic carbocycles. The Morgan fingerprint density at radius 3 is 2.78 bits per heavy atom. The molecule has 1 aromatic heterocycles. The number of nitrogens with zero attached hydrogens (tertiary/aromatic N) is 2. The van der Waals surface area contributed by atoms with Gasteiger partial charge in [-0.15, -0.1) is 0 Å². The van der Waals surface area contributed by atoms with Crippen LogP contribution in [0, 0.1) is 5.92 Å². The monoisotopic (exact) mass is 313 g/mol. The van der Waals surface area contributed by atoms with Crippen molar-refractivity contribution >= 4 is 23.1 Å². The maximum atomic E-state index is 11.0. The van der Waals surface area contributed by atoms with Gasteiger partial charge in [0.25, 0.3) is 0 Å². The van der Waals surface area contributed by atoms with E-state index in [1.54, 1.807) is 13.0 Å². The van der Waals surface area contributed by atoms with E-state index in [0.29, 0.717) is 11.5 Å². The lowest BCUT2D eigenvalue weighted by Gasteiger charge is -2.47. The molecule has 1 unspecified atom stereocenters. The van der Waals surface area contributed by atoms with Crippen LogP contribution in [0.15, 0.2) is 23.8 Å². The Labute approximate surface area is 136 Å². The van der Waals surface area contributed by atoms with Gasteiger partial charge in [0.2, 0.25) is 0 Å². The van der Waals surface area contributed by atoms with Gasteiger partial charge in [0.05, 0.1) is 16.6 Å². The smallest absolute Gasteiger partial charge is 0.331 e. The fourth-order valence-electron chi connectivity index (χ4n) is 3.54. The number of fused-ring (bicyclic) bond motifs is 1. The molecular weight excluding hydrogens is 290 g/mol. The van der Waals surface area contributed by atoms with Crippen molar-refractivity contribution in [2.45, 2.75) is 32.2 Å². The maximum Gasteiger partial charge on any atom is 0.331 e. The van der Waals surface area contributed by atoms with E-state index >= 15 is 0 Å². The topological polar surface area (TPSA) is 67.2 Å². The van der Waals surface area contributed by atoms with E-state index in [4.69, 9.17) is 10.1 Å². The molecule has 1 fully saturated rings. The molecule has 1 heterocycles. The van der Waals surface area contributed by atoms with Crippen LogP contribution in [-0.4, -0.2) is 27.7 Å². The van der Waals surface area contributed by atoms with Crippen molar-refractivity contribution in [3.8, 4) is 0 Å². The number of aryl methyl sites for hydroxylation is 1. The molecule has 0 aliphatic heterocycles. The summed E-state index contributed by atoms with van der Waals surface area (Å²) >= 11 is 0. The highest BCUT2D eigenvalue weighted by Crippen LogP contribution is 2.46. The van der Waals surface area contributed by atoms with Gasteiger partial charge in [0, 0.05) is 12.6 Å². The minimum atomic E-state index is -0.895. The minimum Gasteiger partial charge on any atom is -0.478 e. The SMILES string of the molecule is CNC1(c2nc3ccc(/C=C(\C)C(=O)O)cc3n2C)CC[C@H]1C. The molecule has 3 rings (SSSR count). The predicted molar refractivity (Wildman–Crippen MR) is 91.1 cm³/mol. The van der Waals surface area contributed by atoms with Gasteiger partial charge in [-0.2, -0.15) is 0 Å². The van der Waals surface area contributed by atoms with Crippen molar-refractivity contribution in [3.05, 3.63) is 35.2 Å². The summed E-state index contributed by atoms with van der Waals surface area (Å²) in [6, 6.07) is 5.89. The van der Waals surface area contributed by atoms with Gasteiger partial charge in [-0.05, 0) is 56.5 Å². The highest BCUT2D eigenvalue weighted by atomic mass is 16.4. The van der Waals surface area contributed by atoms with E-state index < -0.39 is 5.97 Å². The lowest BCUT2D eigenvalue weighted by atomic mass is 9.67. The molecule has 2 aromatic rings. The number of hydrogen-bond donors (Lipinski definition) is 2. The van der Waals surface area contributed by atoms with Gasteiger partial charge in [-0.1, -0.05) is 13.0 Å². The van der Waals surface area contributed by atoms with Crippen molar-refractivity contribution in [2.75, 3.05) is 7.05 Å². The van der Waals surface area contributed by atoms with E-state index in [9.17, 15) is 4.79 Å². The molecule has 1 saturated carbocycles. The van der Waals surface area contributed by atoms with Crippen LogP contribution in [0.5, 0.6) is 0 Å². The van der Waals surface area contributed by atoms with E-state index in [1.807, 2.05) is 32.3 Å². The minimum absolute atomic E-state index is 0.0548. The van der Waals surface area contributed by atoms with Crippen LogP contribution in [-0.2, 0) is 17.4 Å². The molecule has 23 heavy (non-hydrogen) atoms. The summed E-state index contributed by atoms with van der Waals surface area (Å²) in [7, 11) is 4.03. The molecule has 1 aliphatic rings. The van der Waals surface area contributed by atoms with Crippen LogP contribution in [0.25, 0.3) is 17.1 Å². The Morgan fingerprint density at radius 2 is 2.26 bits per heavy atom. The molecule has 122 valence electrons. The number of carboxylic acid groups (broad SMARTS) is 1. The number of rotatable bonds is 4. The fourth-order valence-corrected chi connectivity index (χ4v) is 3.54. The molecule has 2 atom stereocenters. The fraction of sp³-hybridized carbons (Fsp3) is 0.444. The van der Waals surface area contributed by atoms with Crippen LogP contribution in [0.3, 0.4) is 0 Å². The number of imidazole rings is 1. The third-order valence-corrected chi connectivity index (χ3v) is 5.28. The number of carbonyl (C=O) groups is 1.